The molecule has 0 radical (unpaired) electrons. The van der Waals surface area contributed by atoms with E-state index in [1.165, 1.54) is 45.2 Å². The molecular weight excluding hydrogens is 210 g/mol. The number of allylic oxidation sites excluding steroid dienone is 1. The molecule has 2 aliphatic rings. The van der Waals surface area contributed by atoms with E-state index in [0.29, 0.717) is 5.41 Å². The maximum atomic E-state index is 10.7. The van der Waals surface area contributed by atoms with Crippen molar-refractivity contribution >= 4 is 5.78 Å². The van der Waals surface area contributed by atoms with E-state index in [0.717, 1.165) is 6.54 Å². The van der Waals surface area contributed by atoms with Gasteiger partial charge in [0.2, 0.25) is 0 Å². The minimum absolute atomic E-state index is 0.155. The summed E-state index contributed by atoms with van der Waals surface area (Å²) in [4.78, 5) is 13.2. The van der Waals surface area contributed by atoms with Crippen molar-refractivity contribution in [3.8, 4) is 0 Å². The largest absolute Gasteiger partial charge is 0.298 e. The highest BCUT2D eigenvalue weighted by molar-refractivity contribution is 5.87. The van der Waals surface area contributed by atoms with E-state index in [1.54, 1.807) is 13.0 Å². The van der Waals surface area contributed by atoms with Crippen molar-refractivity contribution in [3.05, 3.63) is 12.2 Å². The number of likely N-dealkylation sites (tertiary alicyclic amines) is 1. The molecule has 1 saturated carbocycles. The molecule has 1 aliphatic carbocycles. The predicted molar refractivity (Wildman–Crippen MR) is 73.1 cm³/mol. The summed E-state index contributed by atoms with van der Waals surface area (Å²) in [6.07, 6.45) is 10.8. The number of hydrogen-bond donors (Lipinski definition) is 0. The normalized spacial score (nSPS) is 23.0. The van der Waals surface area contributed by atoms with Crippen molar-refractivity contribution < 1.29 is 4.79 Å². The molecule has 0 N–H and O–H groups in total. The summed E-state index contributed by atoms with van der Waals surface area (Å²) in [6, 6.07) is 0. The van der Waals surface area contributed by atoms with E-state index in [4.69, 9.17) is 0 Å². The fourth-order valence-electron chi connectivity index (χ4n) is 3.02. The minimum atomic E-state index is 0.155. The van der Waals surface area contributed by atoms with Gasteiger partial charge in [0.25, 0.3) is 0 Å². The molecule has 1 heterocycles. The molecule has 0 aromatic rings. The standard InChI is InChI=1S/C13H21NO.C2H6/c1-12(15)6-5-9-14-10-13(11-14)7-3-2-4-8-13;1-2/h5-6H,2-4,7-11H2,1H3;1-2H3/b6-5+;. The van der Waals surface area contributed by atoms with E-state index in [1.807, 2.05) is 19.9 Å². The van der Waals surface area contributed by atoms with Gasteiger partial charge in [-0.3, -0.25) is 9.69 Å². The number of ketones is 1. The number of hydrogen-bond acceptors (Lipinski definition) is 2. The van der Waals surface area contributed by atoms with Gasteiger partial charge in [0.15, 0.2) is 5.78 Å². The third kappa shape index (κ3) is 4.27. The van der Waals surface area contributed by atoms with Crippen LogP contribution in [0.3, 0.4) is 0 Å². The average Bonchev–Trinajstić information content (AvgIpc) is 2.30. The SMILES string of the molecule is CC.CC(=O)/C=C/CN1CC2(CCCCC2)C1. The van der Waals surface area contributed by atoms with Crippen LogP contribution in [-0.4, -0.2) is 30.3 Å². The summed E-state index contributed by atoms with van der Waals surface area (Å²) < 4.78 is 0. The Bertz CT molecular complexity index is 256. The molecule has 0 amide bonds. The Morgan fingerprint density at radius 2 is 1.76 bits per heavy atom. The predicted octanol–water partition coefficient (Wildman–Crippen LogP) is 3.42. The van der Waals surface area contributed by atoms with E-state index in [2.05, 4.69) is 4.90 Å². The lowest BCUT2D eigenvalue weighted by Gasteiger charge is -2.52. The van der Waals surface area contributed by atoms with Crippen LogP contribution in [0.1, 0.15) is 52.9 Å². The van der Waals surface area contributed by atoms with E-state index >= 15 is 0 Å². The monoisotopic (exact) mass is 237 g/mol. The second-order valence-corrected chi connectivity index (χ2v) is 5.24. The van der Waals surface area contributed by atoms with Crippen LogP contribution in [0.4, 0.5) is 0 Å². The van der Waals surface area contributed by atoms with Crippen LogP contribution in [-0.2, 0) is 4.79 Å². The lowest BCUT2D eigenvalue weighted by atomic mass is 9.69. The molecule has 2 fully saturated rings. The lowest BCUT2D eigenvalue weighted by Crippen LogP contribution is -2.56. The molecule has 2 rings (SSSR count). The molecule has 1 aliphatic heterocycles. The number of rotatable bonds is 3. The van der Waals surface area contributed by atoms with Crippen LogP contribution >= 0.6 is 0 Å². The van der Waals surface area contributed by atoms with Crippen LogP contribution in [0.15, 0.2) is 12.2 Å². The van der Waals surface area contributed by atoms with Crippen LogP contribution in [0.5, 0.6) is 0 Å². The summed E-state index contributed by atoms with van der Waals surface area (Å²) >= 11 is 0. The second kappa shape index (κ2) is 6.95. The van der Waals surface area contributed by atoms with Gasteiger partial charge in [-0.1, -0.05) is 39.2 Å². The first-order valence-electron chi connectivity index (χ1n) is 7.10. The van der Waals surface area contributed by atoms with Crippen LogP contribution in [0, 0.1) is 5.41 Å². The van der Waals surface area contributed by atoms with Crippen molar-refractivity contribution in [2.75, 3.05) is 19.6 Å². The smallest absolute Gasteiger partial charge is 0.152 e. The molecule has 98 valence electrons. The third-order valence-electron chi connectivity index (χ3n) is 3.75. The Morgan fingerprint density at radius 3 is 2.29 bits per heavy atom. The minimum Gasteiger partial charge on any atom is -0.298 e. The Balaban J connectivity index is 0.000000686. The molecule has 0 aromatic carbocycles. The molecule has 1 spiro atoms. The summed E-state index contributed by atoms with van der Waals surface area (Å²) in [7, 11) is 0. The number of carbonyl (C=O) groups excluding carboxylic acids is 1. The Morgan fingerprint density at radius 1 is 1.18 bits per heavy atom. The van der Waals surface area contributed by atoms with Crippen molar-refractivity contribution in [1.29, 1.82) is 0 Å². The van der Waals surface area contributed by atoms with Gasteiger partial charge in [-0.05, 0) is 31.3 Å². The van der Waals surface area contributed by atoms with Crippen LogP contribution < -0.4 is 0 Å². The van der Waals surface area contributed by atoms with Crippen LogP contribution in [0.2, 0.25) is 0 Å². The fourth-order valence-corrected chi connectivity index (χ4v) is 3.02. The Labute approximate surface area is 106 Å². The van der Waals surface area contributed by atoms with Crippen molar-refractivity contribution in [2.45, 2.75) is 52.9 Å². The lowest BCUT2D eigenvalue weighted by molar-refractivity contribution is -0.112. The number of nitrogens with zero attached hydrogens (tertiary/aromatic N) is 1. The Hall–Kier alpha value is -0.630. The van der Waals surface area contributed by atoms with E-state index < -0.39 is 0 Å². The highest BCUT2D eigenvalue weighted by Crippen LogP contribution is 2.43. The zero-order chi connectivity index (χ0) is 12.7. The molecule has 1 saturated heterocycles. The highest BCUT2D eigenvalue weighted by Gasteiger charge is 2.42. The quantitative estimate of drug-likeness (QED) is 0.701. The van der Waals surface area contributed by atoms with Gasteiger partial charge >= 0.3 is 0 Å². The highest BCUT2D eigenvalue weighted by atomic mass is 16.1. The van der Waals surface area contributed by atoms with Gasteiger partial charge in [0.1, 0.15) is 0 Å². The summed E-state index contributed by atoms with van der Waals surface area (Å²) in [6.45, 7) is 9.08. The van der Waals surface area contributed by atoms with Gasteiger partial charge < -0.3 is 0 Å². The van der Waals surface area contributed by atoms with Gasteiger partial charge in [0, 0.05) is 19.6 Å². The average molecular weight is 237 g/mol. The molecule has 0 atom stereocenters. The second-order valence-electron chi connectivity index (χ2n) is 5.24. The first kappa shape index (κ1) is 14.4. The van der Waals surface area contributed by atoms with Gasteiger partial charge in [-0.2, -0.15) is 0 Å². The van der Waals surface area contributed by atoms with Crippen LogP contribution in [0.25, 0.3) is 0 Å². The zero-order valence-corrected chi connectivity index (χ0v) is 11.7. The molecule has 2 heteroatoms. The van der Waals surface area contributed by atoms with Gasteiger partial charge in [-0.15, -0.1) is 0 Å². The summed E-state index contributed by atoms with van der Waals surface area (Å²) in [5.74, 6) is 0.155. The van der Waals surface area contributed by atoms with E-state index in [9.17, 15) is 4.79 Å². The van der Waals surface area contributed by atoms with E-state index in [-0.39, 0.29) is 5.78 Å². The molecule has 17 heavy (non-hydrogen) atoms. The molecule has 0 aromatic heterocycles. The summed E-state index contributed by atoms with van der Waals surface area (Å²) in [5.41, 5.74) is 0.669. The molecule has 2 nitrogen and oxygen atoms in total. The molecule has 0 bridgehead atoms. The summed E-state index contributed by atoms with van der Waals surface area (Å²) in [5, 5.41) is 0. The molecular formula is C15H27NO. The molecule has 0 unspecified atom stereocenters. The van der Waals surface area contributed by atoms with Crippen molar-refractivity contribution in [1.82, 2.24) is 4.90 Å². The topological polar surface area (TPSA) is 20.3 Å². The van der Waals surface area contributed by atoms with Crippen molar-refractivity contribution in [2.24, 2.45) is 5.41 Å². The van der Waals surface area contributed by atoms with Crippen molar-refractivity contribution in [3.63, 3.8) is 0 Å². The zero-order valence-electron chi connectivity index (χ0n) is 11.7. The maximum Gasteiger partial charge on any atom is 0.152 e. The maximum absolute atomic E-state index is 10.7. The van der Waals surface area contributed by atoms with Gasteiger partial charge in [-0.25, -0.2) is 0 Å². The third-order valence-corrected chi connectivity index (χ3v) is 3.75. The first-order valence-corrected chi connectivity index (χ1v) is 7.10. The fraction of sp³-hybridized carbons (Fsp3) is 0.800. The Kier molecular flexibility index (Phi) is 5.90. The number of carbonyl (C=O) groups is 1. The van der Waals surface area contributed by atoms with Gasteiger partial charge in [0.05, 0.1) is 0 Å². The first-order chi connectivity index (χ1) is 8.20.